The van der Waals surface area contributed by atoms with Crippen LogP contribution in [0.25, 0.3) is 0 Å². The van der Waals surface area contributed by atoms with Crippen LogP contribution in [0.15, 0.2) is 0 Å². The molecule has 0 saturated heterocycles. The number of hydrogen-bond donors (Lipinski definition) is 0. The molecule has 0 fully saturated rings. The van der Waals surface area contributed by atoms with Crippen molar-refractivity contribution >= 4 is 11.9 Å². The van der Waals surface area contributed by atoms with Gasteiger partial charge in [-0.15, -0.1) is 0 Å². The van der Waals surface area contributed by atoms with Crippen LogP contribution in [0.3, 0.4) is 0 Å². The summed E-state index contributed by atoms with van der Waals surface area (Å²) in [7, 11) is 0. The van der Waals surface area contributed by atoms with E-state index in [0.29, 0.717) is 0 Å². The Morgan fingerprint density at radius 3 is 1.77 bits per heavy atom. The lowest BCUT2D eigenvalue weighted by Gasteiger charge is -2.16. The first-order valence-electron chi connectivity index (χ1n) is 7.91. The summed E-state index contributed by atoms with van der Waals surface area (Å²) in [5.41, 5.74) is -1.24. The topological polar surface area (TPSA) is 52.6 Å². The van der Waals surface area contributed by atoms with Crippen molar-refractivity contribution in [2.24, 2.45) is 5.92 Å². The third-order valence-corrected chi connectivity index (χ3v) is 3.70. The molecule has 1 aromatic carbocycles. The van der Waals surface area contributed by atoms with E-state index in [9.17, 15) is 31.5 Å². The first kappa shape index (κ1) is 21.9. The Bertz CT molecular complexity index is 647. The lowest BCUT2D eigenvalue weighted by molar-refractivity contribution is -0.150. The van der Waals surface area contributed by atoms with Crippen LogP contribution in [-0.4, -0.2) is 18.0 Å². The summed E-state index contributed by atoms with van der Waals surface area (Å²) >= 11 is 0. The Kier molecular flexibility index (Phi) is 7.98. The molecule has 0 spiro atoms. The van der Waals surface area contributed by atoms with E-state index in [-0.39, 0.29) is 31.3 Å². The van der Waals surface area contributed by atoms with Crippen molar-refractivity contribution in [2.45, 2.75) is 52.7 Å². The average Bonchev–Trinajstić information content (AvgIpc) is 2.58. The molecule has 4 nitrogen and oxygen atoms in total. The van der Waals surface area contributed by atoms with E-state index in [2.05, 4.69) is 4.74 Å². The highest BCUT2D eigenvalue weighted by Crippen LogP contribution is 2.23. The molecular formula is C17H19F5O4. The maximum Gasteiger partial charge on any atom is 0.306 e. The van der Waals surface area contributed by atoms with Crippen molar-refractivity contribution < 1.29 is 41.0 Å². The zero-order valence-electron chi connectivity index (χ0n) is 14.5. The molecule has 9 heteroatoms. The van der Waals surface area contributed by atoms with Crippen molar-refractivity contribution in [3.05, 3.63) is 34.6 Å². The maximum absolute atomic E-state index is 13.4. The fourth-order valence-electron chi connectivity index (χ4n) is 1.78. The molecule has 0 aromatic heterocycles. The zero-order chi connectivity index (χ0) is 20.0. The number of esters is 2. The van der Waals surface area contributed by atoms with Crippen LogP contribution in [0.2, 0.25) is 0 Å². The Labute approximate surface area is 147 Å². The number of halogens is 5. The highest BCUT2D eigenvalue weighted by Gasteiger charge is 2.26. The first-order chi connectivity index (χ1) is 12.1. The standard InChI is InChI=1S/C17H19F5O4/c1-8(2)9(3)26-12(24)6-4-5-11(23)25-7-10-13(18)15(20)17(22)16(21)14(10)19/h8-9H,4-7H2,1-3H3. The number of carbonyl (C=O) groups excluding carboxylic acids is 2. The van der Waals surface area contributed by atoms with Crippen LogP contribution in [0.4, 0.5) is 22.0 Å². The van der Waals surface area contributed by atoms with Crippen LogP contribution in [0, 0.1) is 35.0 Å². The third kappa shape index (κ3) is 5.67. The van der Waals surface area contributed by atoms with Crippen LogP contribution >= 0.6 is 0 Å². The van der Waals surface area contributed by atoms with Gasteiger partial charge in [0.15, 0.2) is 23.3 Å². The molecule has 1 atom stereocenters. The molecule has 0 N–H and O–H groups in total. The Morgan fingerprint density at radius 1 is 0.808 bits per heavy atom. The summed E-state index contributed by atoms with van der Waals surface area (Å²) in [5, 5.41) is 0. The van der Waals surface area contributed by atoms with Crippen LogP contribution in [0.1, 0.15) is 45.6 Å². The summed E-state index contributed by atoms with van der Waals surface area (Å²) in [4.78, 5) is 23.0. The van der Waals surface area contributed by atoms with E-state index in [1.165, 1.54) is 0 Å². The summed E-state index contributed by atoms with van der Waals surface area (Å²) in [5.74, 6) is -12.0. The first-order valence-corrected chi connectivity index (χ1v) is 7.91. The SMILES string of the molecule is CC(C)C(C)OC(=O)CCCC(=O)OCc1c(F)c(F)c(F)c(F)c1F. The average molecular weight is 382 g/mol. The van der Waals surface area contributed by atoms with E-state index in [1.807, 2.05) is 13.8 Å². The van der Waals surface area contributed by atoms with Gasteiger partial charge in [-0.05, 0) is 19.3 Å². The predicted octanol–water partition coefficient (Wildman–Crippen LogP) is 4.18. The Balaban J connectivity index is 2.50. The number of benzene rings is 1. The fraction of sp³-hybridized carbons (Fsp3) is 0.529. The zero-order valence-corrected chi connectivity index (χ0v) is 14.5. The van der Waals surface area contributed by atoms with Crippen molar-refractivity contribution in [1.29, 1.82) is 0 Å². The smallest absolute Gasteiger partial charge is 0.306 e. The molecule has 1 rings (SSSR count). The monoisotopic (exact) mass is 382 g/mol. The molecule has 1 unspecified atom stereocenters. The second kappa shape index (κ2) is 9.49. The molecule has 0 aliphatic heterocycles. The van der Waals surface area contributed by atoms with E-state index in [4.69, 9.17) is 4.74 Å². The molecule has 146 valence electrons. The van der Waals surface area contributed by atoms with Crippen molar-refractivity contribution in [2.75, 3.05) is 0 Å². The Morgan fingerprint density at radius 2 is 1.27 bits per heavy atom. The molecule has 0 heterocycles. The highest BCUT2D eigenvalue weighted by atomic mass is 19.2. The maximum atomic E-state index is 13.4. The summed E-state index contributed by atoms with van der Waals surface area (Å²) in [6.07, 6.45) is -0.585. The van der Waals surface area contributed by atoms with Gasteiger partial charge in [0.05, 0.1) is 5.56 Å². The van der Waals surface area contributed by atoms with Gasteiger partial charge in [0, 0.05) is 12.8 Å². The number of carbonyl (C=O) groups is 2. The van der Waals surface area contributed by atoms with Crippen molar-refractivity contribution in [1.82, 2.24) is 0 Å². The Hall–Kier alpha value is -2.19. The van der Waals surface area contributed by atoms with Gasteiger partial charge >= 0.3 is 11.9 Å². The predicted molar refractivity (Wildman–Crippen MR) is 80.3 cm³/mol. The van der Waals surface area contributed by atoms with Gasteiger partial charge in [-0.3, -0.25) is 9.59 Å². The van der Waals surface area contributed by atoms with E-state index in [0.717, 1.165) is 0 Å². The molecule has 0 aliphatic carbocycles. The minimum Gasteiger partial charge on any atom is -0.462 e. The minimum atomic E-state index is -2.29. The van der Waals surface area contributed by atoms with Gasteiger partial charge in [-0.2, -0.15) is 0 Å². The second-order valence-electron chi connectivity index (χ2n) is 6.00. The summed E-state index contributed by atoms with van der Waals surface area (Å²) in [6, 6.07) is 0. The molecule has 0 bridgehead atoms. The van der Waals surface area contributed by atoms with Crippen LogP contribution in [-0.2, 0) is 25.7 Å². The second-order valence-corrected chi connectivity index (χ2v) is 6.00. The van der Waals surface area contributed by atoms with Gasteiger partial charge in [0.2, 0.25) is 5.82 Å². The van der Waals surface area contributed by atoms with E-state index in [1.54, 1.807) is 6.92 Å². The normalized spacial score (nSPS) is 12.2. The molecule has 0 amide bonds. The molecule has 0 saturated carbocycles. The number of hydrogen-bond acceptors (Lipinski definition) is 4. The van der Waals surface area contributed by atoms with Crippen LogP contribution in [0.5, 0.6) is 0 Å². The largest absolute Gasteiger partial charge is 0.462 e. The van der Waals surface area contributed by atoms with Crippen molar-refractivity contribution in [3.8, 4) is 0 Å². The lowest BCUT2D eigenvalue weighted by Crippen LogP contribution is -2.20. The van der Waals surface area contributed by atoms with Crippen molar-refractivity contribution in [3.63, 3.8) is 0 Å². The third-order valence-electron chi connectivity index (χ3n) is 3.70. The quantitative estimate of drug-likeness (QED) is 0.293. The van der Waals surface area contributed by atoms with E-state index < -0.39 is 53.2 Å². The molecular weight excluding hydrogens is 363 g/mol. The fourth-order valence-corrected chi connectivity index (χ4v) is 1.78. The van der Waals surface area contributed by atoms with Gasteiger partial charge in [-0.1, -0.05) is 13.8 Å². The van der Waals surface area contributed by atoms with E-state index >= 15 is 0 Å². The van der Waals surface area contributed by atoms with Gasteiger partial charge < -0.3 is 9.47 Å². The summed E-state index contributed by atoms with van der Waals surface area (Å²) in [6.45, 7) is 4.35. The lowest BCUT2D eigenvalue weighted by atomic mass is 10.1. The molecule has 26 heavy (non-hydrogen) atoms. The molecule has 1 aromatic rings. The summed E-state index contributed by atoms with van der Waals surface area (Å²) < 4.78 is 75.4. The number of ether oxygens (including phenoxy) is 2. The minimum absolute atomic E-state index is 0.0551. The molecule has 0 aliphatic rings. The van der Waals surface area contributed by atoms with Gasteiger partial charge in [0.1, 0.15) is 12.7 Å². The molecule has 0 radical (unpaired) electrons. The van der Waals surface area contributed by atoms with Crippen LogP contribution < -0.4 is 0 Å². The van der Waals surface area contributed by atoms with Gasteiger partial charge in [0.25, 0.3) is 0 Å². The highest BCUT2D eigenvalue weighted by molar-refractivity contribution is 5.72. The number of rotatable bonds is 8. The van der Waals surface area contributed by atoms with Gasteiger partial charge in [-0.25, -0.2) is 22.0 Å².